The molecule has 2 aromatic rings. The third-order valence-electron chi connectivity index (χ3n) is 3.31. The van der Waals surface area contributed by atoms with Crippen molar-refractivity contribution in [3.8, 4) is 0 Å². The van der Waals surface area contributed by atoms with Crippen molar-refractivity contribution in [2.24, 2.45) is 0 Å². The topological polar surface area (TPSA) is 37.4 Å². The molecule has 0 bridgehead atoms. The highest BCUT2D eigenvalue weighted by atomic mass is 32.2. The Labute approximate surface area is 120 Å². The number of benzene rings is 2. The van der Waals surface area contributed by atoms with Gasteiger partial charge in [-0.1, -0.05) is 36.4 Å². The Kier molecular flexibility index (Phi) is 4.14. The van der Waals surface area contributed by atoms with Gasteiger partial charge >= 0.3 is 0 Å². The zero-order valence-electron chi connectivity index (χ0n) is 12.0. The lowest BCUT2D eigenvalue weighted by Crippen LogP contribution is -2.32. The highest BCUT2D eigenvalue weighted by Gasteiger charge is 2.25. The summed E-state index contributed by atoms with van der Waals surface area (Å²) in [6, 6.07) is 14.4. The van der Waals surface area contributed by atoms with Gasteiger partial charge in [-0.2, -0.15) is 0 Å². The van der Waals surface area contributed by atoms with Gasteiger partial charge in [-0.25, -0.2) is 8.42 Å². The molecule has 0 heterocycles. The van der Waals surface area contributed by atoms with Crippen LogP contribution in [0.15, 0.2) is 53.4 Å². The van der Waals surface area contributed by atoms with Gasteiger partial charge in [0, 0.05) is 6.54 Å². The Hall–Kier alpha value is -1.81. The first-order chi connectivity index (χ1) is 9.48. The Bertz CT molecular complexity index is 673. The van der Waals surface area contributed by atoms with Gasteiger partial charge in [0.25, 0.3) is 10.0 Å². The molecule has 3 nitrogen and oxygen atoms in total. The fraction of sp³-hybridized carbons (Fsp3) is 0.250. The van der Waals surface area contributed by atoms with Gasteiger partial charge in [0.15, 0.2) is 0 Å². The molecule has 106 valence electrons. The maximum Gasteiger partial charge on any atom is 0.264 e. The molecule has 20 heavy (non-hydrogen) atoms. The van der Waals surface area contributed by atoms with Crippen LogP contribution in [0.5, 0.6) is 0 Å². The van der Waals surface area contributed by atoms with Gasteiger partial charge in [0.1, 0.15) is 0 Å². The van der Waals surface area contributed by atoms with E-state index in [2.05, 4.69) is 0 Å². The number of hydrogen-bond donors (Lipinski definition) is 0. The summed E-state index contributed by atoms with van der Waals surface area (Å²) >= 11 is 0. The highest BCUT2D eigenvalue weighted by molar-refractivity contribution is 7.92. The summed E-state index contributed by atoms with van der Waals surface area (Å²) in [5.74, 6) is 0. The van der Waals surface area contributed by atoms with Crippen LogP contribution in [0.4, 0.5) is 5.69 Å². The van der Waals surface area contributed by atoms with Crippen molar-refractivity contribution in [1.29, 1.82) is 0 Å². The lowest BCUT2D eigenvalue weighted by Gasteiger charge is -2.26. The third-order valence-corrected chi connectivity index (χ3v) is 5.20. The number of rotatable bonds is 4. The van der Waals surface area contributed by atoms with Crippen LogP contribution in [-0.2, 0) is 10.0 Å². The molecule has 0 aliphatic heterocycles. The van der Waals surface area contributed by atoms with Crippen molar-refractivity contribution in [2.75, 3.05) is 10.8 Å². The predicted molar refractivity (Wildman–Crippen MR) is 82.6 cm³/mol. The molecule has 0 aliphatic carbocycles. The van der Waals surface area contributed by atoms with Crippen molar-refractivity contribution in [1.82, 2.24) is 0 Å². The second-order valence-corrected chi connectivity index (χ2v) is 6.59. The van der Waals surface area contributed by atoms with Crippen LogP contribution < -0.4 is 4.31 Å². The maximum atomic E-state index is 12.8. The molecule has 0 saturated carbocycles. The van der Waals surface area contributed by atoms with Crippen molar-refractivity contribution in [3.05, 3.63) is 59.7 Å². The molecular formula is C16H19NO2S. The molecule has 0 saturated heterocycles. The van der Waals surface area contributed by atoms with Crippen molar-refractivity contribution < 1.29 is 8.42 Å². The Morgan fingerprint density at radius 1 is 0.900 bits per heavy atom. The van der Waals surface area contributed by atoms with E-state index in [-0.39, 0.29) is 0 Å². The number of sulfonamides is 1. The molecule has 2 aromatic carbocycles. The van der Waals surface area contributed by atoms with E-state index in [9.17, 15) is 8.42 Å². The average Bonchev–Trinajstić information content (AvgIpc) is 2.43. The molecule has 0 aromatic heterocycles. The SMILES string of the molecule is CCN(c1c(C)cccc1C)S(=O)(=O)c1ccccc1. The van der Waals surface area contributed by atoms with Crippen LogP contribution in [-0.4, -0.2) is 15.0 Å². The van der Waals surface area contributed by atoms with Crippen LogP contribution in [0.3, 0.4) is 0 Å². The van der Waals surface area contributed by atoms with E-state index in [1.54, 1.807) is 24.3 Å². The molecule has 0 amide bonds. The summed E-state index contributed by atoms with van der Waals surface area (Å²) in [7, 11) is -3.52. The summed E-state index contributed by atoms with van der Waals surface area (Å²) in [6.45, 7) is 6.13. The summed E-state index contributed by atoms with van der Waals surface area (Å²) in [5, 5.41) is 0. The minimum absolute atomic E-state index is 0.324. The van der Waals surface area contributed by atoms with Gasteiger partial charge in [-0.15, -0.1) is 0 Å². The molecule has 0 aliphatic rings. The van der Waals surface area contributed by atoms with E-state index in [0.29, 0.717) is 11.4 Å². The Morgan fingerprint density at radius 2 is 1.45 bits per heavy atom. The minimum atomic E-state index is -3.52. The zero-order chi connectivity index (χ0) is 14.8. The smallest absolute Gasteiger partial charge is 0.264 e. The standard InChI is InChI=1S/C16H19NO2S/c1-4-17(16-13(2)9-8-10-14(16)3)20(18,19)15-11-6-5-7-12-15/h5-12H,4H2,1-3H3. The fourth-order valence-corrected chi connectivity index (χ4v) is 3.99. The number of aryl methyl sites for hydroxylation is 2. The molecular weight excluding hydrogens is 270 g/mol. The minimum Gasteiger partial charge on any atom is -0.266 e. The highest BCUT2D eigenvalue weighted by Crippen LogP contribution is 2.29. The van der Waals surface area contributed by atoms with Crippen LogP contribution in [0, 0.1) is 13.8 Å². The second-order valence-electron chi connectivity index (χ2n) is 4.72. The normalized spacial score (nSPS) is 11.3. The average molecular weight is 289 g/mol. The number of anilines is 1. The summed E-state index contributed by atoms with van der Waals surface area (Å²) in [5.41, 5.74) is 2.71. The summed E-state index contributed by atoms with van der Waals surface area (Å²) < 4.78 is 27.1. The molecule has 0 atom stereocenters. The maximum absolute atomic E-state index is 12.8. The third kappa shape index (κ3) is 2.56. The summed E-state index contributed by atoms with van der Waals surface area (Å²) in [4.78, 5) is 0.324. The molecule has 0 unspecified atom stereocenters. The first-order valence-electron chi connectivity index (χ1n) is 6.62. The molecule has 0 spiro atoms. The van der Waals surface area contributed by atoms with Crippen molar-refractivity contribution in [2.45, 2.75) is 25.7 Å². The van der Waals surface area contributed by atoms with Crippen LogP contribution in [0.1, 0.15) is 18.1 Å². The predicted octanol–water partition coefficient (Wildman–Crippen LogP) is 3.52. The molecule has 4 heteroatoms. The molecule has 0 radical (unpaired) electrons. The number of nitrogens with zero attached hydrogens (tertiary/aromatic N) is 1. The fourth-order valence-electron chi connectivity index (χ4n) is 2.37. The largest absolute Gasteiger partial charge is 0.266 e. The van der Waals surface area contributed by atoms with Gasteiger partial charge in [-0.05, 0) is 44.0 Å². The van der Waals surface area contributed by atoms with Crippen LogP contribution >= 0.6 is 0 Å². The van der Waals surface area contributed by atoms with E-state index in [1.807, 2.05) is 45.0 Å². The zero-order valence-corrected chi connectivity index (χ0v) is 12.8. The quantitative estimate of drug-likeness (QED) is 0.863. The van der Waals surface area contributed by atoms with Gasteiger partial charge in [0.2, 0.25) is 0 Å². The summed E-state index contributed by atoms with van der Waals surface area (Å²) in [6.07, 6.45) is 0. The van der Waals surface area contributed by atoms with E-state index in [4.69, 9.17) is 0 Å². The Balaban J connectivity index is 2.59. The van der Waals surface area contributed by atoms with Crippen LogP contribution in [0.25, 0.3) is 0 Å². The first-order valence-corrected chi connectivity index (χ1v) is 8.06. The number of hydrogen-bond acceptors (Lipinski definition) is 2. The lowest BCUT2D eigenvalue weighted by molar-refractivity contribution is 0.591. The van der Waals surface area contributed by atoms with E-state index in [0.717, 1.165) is 16.8 Å². The van der Waals surface area contributed by atoms with Crippen molar-refractivity contribution >= 4 is 15.7 Å². The molecule has 2 rings (SSSR count). The van der Waals surface area contributed by atoms with Gasteiger partial charge in [0.05, 0.1) is 10.6 Å². The monoisotopic (exact) mass is 289 g/mol. The lowest BCUT2D eigenvalue weighted by atomic mass is 10.1. The van der Waals surface area contributed by atoms with E-state index < -0.39 is 10.0 Å². The van der Waals surface area contributed by atoms with Crippen molar-refractivity contribution in [3.63, 3.8) is 0 Å². The molecule has 0 fully saturated rings. The first kappa shape index (κ1) is 14.6. The molecule has 0 N–H and O–H groups in total. The Morgan fingerprint density at radius 3 is 1.95 bits per heavy atom. The second kappa shape index (κ2) is 5.67. The van der Waals surface area contributed by atoms with Crippen LogP contribution in [0.2, 0.25) is 0 Å². The van der Waals surface area contributed by atoms with Gasteiger partial charge in [-0.3, -0.25) is 4.31 Å². The van der Waals surface area contributed by atoms with E-state index >= 15 is 0 Å². The van der Waals surface area contributed by atoms with E-state index in [1.165, 1.54) is 4.31 Å². The van der Waals surface area contributed by atoms with Gasteiger partial charge < -0.3 is 0 Å². The number of para-hydroxylation sites is 1.